The Morgan fingerprint density at radius 1 is 1.27 bits per heavy atom. The van der Waals surface area contributed by atoms with E-state index in [1.165, 1.54) is 28.4 Å². The number of thiazole rings is 1. The van der Waals surface area contributed by atoms with Crippen LogP contribution in [0.5, 0.6) is 5.75 Å². The van der Waals surface area contributed by atoms with Gasteiger partial charge < -0.3 is 14.6 Å². The SMILES string of the molecule is Cc1ncc(COC(=O)N2CCc3cc(F)ccc3[C@H]2c2cc(Cl)ccc2OCC(=O)O)s1. The Bertz CT molecular complexity index is 1200. The highest BCUT2D eigenvalue weighted by Crippen LogP contribution is 2.41. The van der Waals surface area contributed by atoms with Crippen molar-refractivity contribution < 1.29 is 28.6 Å². The molecule has 0 bridgehead atoms. The Kier molecular flexibility index (Phi) is 6.80. The quantitative estimate of drug-likeness (QED) is 0.523. The van der Waals surface area contributed by atoms with E-state index in [-0.39, 0.29) is 24.7 Å². The smallest absolute Gasteiger partial charge is 0.410 e. The van der Waals surface area contributed by atoms with Crippen LogP contribution < -0.4 is 4.74 Å². The third kappa shape index (κ3) is 5.26. The number of nitrogens with zero attached hydrogens (tertiary/aromatic N) is 2. The minimum atomic E-state index is -1.14. The molecule has 0 saturated heterocycles. The van der Waals surface area contributed by atoms with Gasteiger partial charge in [-0.25, -0.2) is 19.0 Å². The molecule has 3 aromatic rings. The van der Waals surface area contributed by atoms with Crippen molar-refractivity contribution >= 4 is 35.0 Å². The molecule has 0 radical (unpaired) electrons. The van der Waals surface area contributed by atoms with Gasteiger partial charge in [-0.3, -0.25) is 4.90 Å². The van der Waals surface area contributed by atoms with Crippen molar-refractivity contribution in [3.8, 4) is 5.75 Å². The number of amides is 1. The number of aliphatic carboxylic acids is 1. The first-order valence-electron chi connectivity index (χ1n) is 10.1. The Balaban J connectivity index is 1.71. The number of aryl methyl sites for hydroxylation is 1. The maximum Gasteiger partial charge on any atom is 0.410 e. The van der Waals surface area contributed by atoms with E-state index in [2.05, 4.69) is 4.98 Å². The largest absolute Gasteiger partial charge is 0.482 e. The zero-order valence-corrected chi connectivity index (χ0v) is 19.2. The number of carbonyl (C=O) groups is 2. The van der Waals surface area contributed by atoms with E-state index in [1.807, 2.05) is 6.92 Å². The van der Waals surface area contributed by atoms with Crippen LogP contribution in [0.2, 0.25) is 5.02 Å². The molecule has 0 aliphatic carbocycles. The number of benzene rings is 2. The van der Waals surface area contributed by atoms with Gasteiger partial charge in [0.05, 0.1) is 15.9 Å². The third-order valence-electron chi connectivity index (χ3n) is 5.19. The van der Waals surface area contributed by atoms with Crippen LogP contribution in [-0.4, -0.2) is 40.2 Å². The van der Waals surface area contributed by atoms with E-state index < -0.39 is 24.7 Å². The number of halogens is 2. The molecular weight excluding hydrogens is 471 g/mol. The molecule has 172 valence electrons. The number of fused-ring (bicyclic) bond motifs is 1. The minimum absolute atomic E-state index is 0.0712. The zero-order chi connectivity index (χ0) is 23.5. The number of carboxylic acids is 1. The lowest BCUT2D eigenvalue weighted by atomic mass is 9.88. The number of hydrogen-bond acceptors (Lipinski definition) is 6. The number of aromatic nitrogens is 1. The van der Waals surface area contributed by atoms with E-state index in [0.29, 0.717) is 22.6 Å². The van der Waals surface area contributed by atoms with Crippen LogP contribution >= 0.6 is 22.9 Å². The molecule has 2 aromatic carbocycles. The van der Waals surface area contributed by atoms with Crippen LogP contribution in [0.3, 0.4) is 0 Å². The van der Waals surface area contributed by atoms with Gasteiger partial charge in [-0.05, 0) is 54.8 Å². The van der Waals surface area contributed by atoms with Crippen molar-refractivity contribution in [3.05, 3.63) is 80.0 Å². The fraction of sp³-hybridized carbons (Fsp3) is 0.261. The fourth-order valence-electron chi connectivity index (χ4n) is 3.82. The topological polar surface area (TPSA) is 89.0 Å². The monoisotopic (exact) mass is 490 g/mol. The highest BCUT2D eigenvalue weighted by molar-refractivity contribution is 7.11. The van der Waals surface area contributed by atoms with Crippen molar-refractivity contribution in [2.24, 2.45) is 0 Å². The highest BCUT2D eigenvalue weighted by atomic mass is 35.5. The summed E-state index contributed by atoms with van der Waals surface area (Å²) in [6.45, 7) is 1.64. The summed E-state index contributed by atoms with van der Waals surface area (Å²) in [4.78, 5) is 30.7. The first-order chi connectivity index (χ1) is 15.8. The molecule has 0 saturated carbocycles. The number of carbonyl (C=O) groups excluding carboxylic acids is 1. The molecule has 0 fully saturated rings. The Labute approximate surface area is 198 Å². The minimum Gasteiger partial charge on any atom is -0.482 e. The molecule has 4 rings (SSSR count). The molecule has 0 spiro atoms. The summed E-state index contributed by atoms with van der Waals surface area (Å²) >= 11 is 7.69. The molecule has 33 heavy (non-hydrogen) atoms. The number of rotatable bonds is 6. The Morgan fingerprint density at radius 2 is 2.09 bits per heavy atom. The Hall–Kier alpha value is -3.17. The molecule has 1 N–H and O–H groups in total. The normalized spacial score (nSPS) is 15.1. The van der Waals surface area contributed by atoms with Crippen molar-refractivity contribution in [3.63, 3.8) is 0 Å². The number of carboxylic acid groups (broad SMARTS) is 1. The van der Waals surface area contributed by atoms with E-state index in [0.717, 1.165) is 15.4 Å². The van der Waals surface area contributed by atoms with Crippen LogP contribution in [0.1, 0.15) is 32.6 Å². The lowest BCUT2D eigenvalue weighted by molar-refractivity contribution is -0.139. The van der Waals surface area contributed by atoms with Crippen LogP contribution in [0, 0.1) is 12.7 Å². The van der Waals surface area contributed by atoms with Gasteiger partial charge in [-0.1, -0.05) is 17.7 Å². The fourth-order valence-corrected chi connectivity index (χ4v) is 4.71. The molecule has 1 aliphatic heterocycles. The van der Waals surface area contributed by atoms with Gasteiger partial charge in [0.15, 0.2) is 6.61 Å². The molecule has 0 unspecified atom stereocenters. The standard InChI is InChI=1S/C23H20ClFN2O5S/c1-13-26-10-17(33-13)11-32-23(30)27-7-6-14-8-16(25)3-4-18(14)22(27)19-9-15(24)2-5-20(19)31-12-21(28)29/h2-5,8-10,22H,6-7,11-12H2,1H3,(H,28,29)/t22-/m0/s1. The van der Waals surface area contributed by atoms with Crippen LogP contribution in [-0.2, 0) is 22.6 Å². The summed E-state index contributed by atoms with van der Waals surface area (Å²) < 4.78 is 25.0. The lowest BCUT2D eigenvalue weighted by Crippen LogP contribution is -2.41. The summed E-state index contributed by atoms with van der Waals surface area (Å²) in [7, 11) is 0. The van der Waals surface area contributed by atoms with Crippen LogP contribution in [0.25, 0.3) is 0 Å². The average Bonchev–Trinajstić information content (AvgIpc) is 3.20. The second-order valence-electron chi connectivity index (χ2n) is 7.45. The number of hydrogen-bond donors (Lipinski definition) is 1. The lowest BCUT2D eigenvalue weighted by Gasteiger charge is -2.37. The zero-order valence-electron chi connectivity index (χ0n) is 17.6. The van der Waals surface area contributed by atoms with E-state index in [9.17, 15) is 14.0 Å². The van der Waals surface area contributed by atoms with Gasteiger partial charge in [-0.15, -0.1) is 11.3 Å². The first kappa shape index (κ1) is 23.0. The maximum absolute atomic E-state index is 13.9. The average molecular weight is 491 g/mol. The summed E-state index contributed by atoms with van der Waals surface area (Å²) in [5.41, 5.74) is 1.92. The molecule has 1 aliphatic rings. The molecule has 10 heteroatoms. The van der Waals surface area contributed by atoms with Crippen molar-refractivity contribution in [2.45, 2.75) is 26.0 Å². The van der Waals surface area contributed by atoms with Gasteiger partial charge in [0, 0.05) is 23.3 Å². The van der Waals surface area contributed by atoms with Crippen molar-refractivity contribution in [2.75, 3.05) is 13.2 Å². The summed E-state index contributed by atoms with van der Waals surface area (Å²) in [5.74, 6) is -1.25. The van der Waals surface area contributed by atoms with E-state index >= 15 is 0 Å². The molecule has 1 amide bonds. The molecule has 7 nitrogen and oxygen atoms in total. The predicted molar refractivity (Wildman–Crippen MR) is 120 cm³/mol. The molecule has 1 aromatic heterocycles. The molecule has 2 heterocycles. The van der Waals surface area contributed by atoms with E-state index in [4.69, 9.17) is 26.2 Å². The maximum atomic E-state index is 13.9. The van der Waals surface area contributed by atoms with Gasteiger partial charge in [0.2, 0.25) is 0 Å². The highest BCUT2D eigenvalue weighted by Gasteiger charge is 2.35. The van der Waals surface area contributed by atoms with Gasteiger partial charge in [-0.2, -0.15) is 0 Å². The van der Waals surface area contributed by atoms with Gasteiger partial charge in [0.1, 0.15) is 18.2 Å². The molecule has 1 atom stereocenters. The third-order valence-corrected chi connectivity index (χ3v) is 6.31. The molecular formula is C23H20ClFN2O5S. The van der Waals surface area contributed by atoms with Crippen LogP contribution in [0.4, 0.5) is 9.18 Å². The van der Waals surface area contributed by atoms with Crippen LogP contribution in [0.15, 0.2) is 42.6 Å². The van der Waals surface area contributed by atoms with Gasteiger partial charge in [0.25, 0.3) is 0 Å². The van der Waals surface area contributed by atoms with Gasteiger partial charge >= 0.3 is 12.1 Å². The summed E-state index contributed by atoms with van der Waals surface area (Å²) in [5, 5.41) is 10.3. The summed E-state index contributed by atoms with van der Waals surface area (Å²) in [6, 6.07) is 8.43. The first-order valence-corrected chi connectivity index (χ1v) is 11.3. The van der Waals surface area contributed by atoms with Crippen molar-refractivity contribution in [1.29, 1.82) is 0 Å². The summed E-state index contributed by atoms with van der Waals surface area (Å²) in [6.07, 6.45) is 1.53. The second kappa shape index (κ2) is 9.76. The Morgan fingerprint density at radius 3 is 2.82 bits per heavy atom. The van der Waals surface area contributed by atoms with Crippen molar-refractivity contribution in [1.82, 2.24) is 9.88 Å². The number of ether oxygens (including phenoxy) is 2. The van der Waals surface area contributed by atoms with E-state index in [1.54, 1.807) is 30.5 Å². The predicted octanol–water partition coefficient (Wildman–Crippen LogP) is 4.99. The second-order valence-corrected chi connectivity index (χ2v) is 9.21.